The summed E-state index contributed by atoms with van der Waals surface area (Å²) in [7, 11) is -3.49. The molecule has 2 atom stereocenters. The van der Waals surface area contributed by atoms with Crippen LogP contribution in [0.15, 0.2) is 23.4 Å². The van der Waals surface area contributed by atoms with E-state index < -0.39 is 10.0 Å². The monoisotopic (exact) mass is 281 g/mol. The van der Waals surface area contributed by atoms with Crippen molar-refractivity contribution in [2.45, 2.75) is 43.0 Å². The van der Waals surface area contributed by atoms with Crippen LogP contribution in [-0.4, -0.2) is 30.3 Å². The van der Waals surface area contributed by atoms with E-state index in [1.54, 1.807) is 10.4 Å². The van der Waals surface area contributed by atoms with Gasteiger partial charge in [0, 0.05) is 25.0 Å². The van der Waals surface area contributed by atoms with Crippen molar-refractivity contribution in [1.82, 2.24) is 9.29 Å². The summed E-state index contributed by atoms with van der Waals surface area (Å²) in [6.07, 6.45) is 8.33. The molecule has 1 aromatic rings. The number of rotatable bonds is 2. The maximum absolute atomic E-state index is 12.7. The molecule has 5 nitrogen and oxygen atoms in total. The molecule has 0 amide bonds. The van der Waals surface area contributed by atoms with Crippen molar-refractivity contribution in [2.24, 2.45) is 5.92 Å². The molecule has 0 radical (unpaired) electrons. The van der Waals surface area contributed by atoms with Crippen molar-refractivity contribution >= 4 is 15.7 Å². The van der Waals surface area contributed by atoms with E-state index in [-0.39, 0.29) is 16.6 Å². The second-order valence-corrected chi connectivity index (χ2v) is 7.29. The predicted octanol–water partition coefficient (Wildman–Crippen LogP) is 1.62. The van der Waals surface area contributed by atoms with Crippen LogP contribution in [0.25, 0.3) is 0 Å². The predicted molar refractivity (Wildman–Crippen MR) is 72.9 cm³/mol. The summed E-state index contributed by atoms with van der Waals surface area (Å²) in [4.78, 5) is 4.06. The topological polar surface area (TPSA) is 76.3 Å². The third-order valence-electron chi connectivity index (χ3n) is 4.36. The molecule has 1 aromatic heterocycles. The van der Waals surface area contributed by atoms with Crippen LogP contribution in [0.1, 0.15) is 32.1 Å². The maximum atomic E-state index is 12.7. The first kappa shape index (κ1) is 12.9. The standard InChI is InChI=1S/C13H19N3O2S/c14-11-5-7-15-9-13(11)19(17,18)16-8-6-10-3-1-2-4-12(10)16/h5,7,9-10,12H,1-4,6,8H2,(H2,14,15). The lowest BCUT2D eigenvalue weighted by atomic mass is 9.86. The van der Waals surface area contributed by atoms with Gasteiger partial charge in [0.15, 0.2) is 0 Å². The normalized spacial score (nSPS) is 28.2. The van der Waals surface area contributed by atoms with Gasteiger partial charge < -0.3 is 5.73 Å². The third kappa shape index (κ3) is 2.12. The first-order valence-electron chi connectivity index (χ1n) is 6.82. The highest BCUT2D eigenvalue weighted by molar-refractivity contribution is 7.89. The number of hydrogen-bond acceptors (Lipinski definition) is 4. The Kier molecular flexibility index (Phi) is 3.22. The first-order valence-corrected chi connectivity index (χ1v) is 8.26. The average molecular weight is 281 g/mol. The van der Waals surface area contributed by atoms with Crippen LogP contribution in [-0.2, 0) is 10.0 Å². The first-order chi connectivity index (χ1) is 9.10. The fraction of sp³-hybridized carbons (Fsp3) is 0.615. The third-order valence-corrected chi connectivity index (χ3v) is 6.33. The minimum absolute atomic E-state index is 0.154. The van der Waals surface area contributed by atoms with Crippen molar-refractivity contribution in [3.8, 4) is 0 Å². The minimum atomic E-state index is -3.49. The highest BCUT2D eigenvalue weighted by atomic mass is 32.2. The Bertz CT molecular complexity index is 573. The Balaban J connectivity index is 1.95. The van der Waals surface area contributed by atoms with Crippen LogP contribution in [0.5, 0.6) is 0 Å². The molecule has 2 aliphatic rings. The van der Waals surface area contributed by atoms with Crippen molar-refractivity contribution in [1.29, 1.82) is 0 Å². The molecule has 2 unspecified atom stereocenters. The minimum Gasteiger partial charge on any atom is -0.398 e. The Hall–Kier alpha value is -1.14. The molecule has 2 fully saturated rings. The smallest absolute Gasteiger partial charge is 0.246 e. The number of nitrogens with zero attached hydrogens (tertiary/aromatic N) is 2. The second-order valence-electron chi connectivity index (χ2n) is 5.43. The zero-order valence-electron chi connectivity index (χ0n) is 10.8. The largest absolute Gasteiger partial charge is 0.398 e. The summed E-state index contributed by atoms with van der Waals surface area (Å²) in [5.74, 6) is 0.529. The van der Waals surface area contributed by atoms with Crippen molar-refractivity contribution < 1.29 is 8.42 Å². The molecule has 1 aliphatic heterocycles. The van der Waals surface area contributed by atoms with E-state index in [1.165, 1.54) is 18.8 Å². The quantitative estimate of drug-likeness (QED) is 0.893. The number of sulfonamides is 1. The number of fused-ring (bicyclic) bond motifs is 1. The van der Waals surface area contributed by atoms with E-state index in [0.717, 1.165) is 25.7 Å². The Morgan fingerprint density at radius 3 is 2.84 bits per heavy atom. The van der Waals surface area contributed by atoms with E-state index in [2.05, 4.69) is 4.98 Å². The number of hydrogen-bond donors (Lipinski definition) is 1. The van der Waals surface area contributed by atoms with Crippen LogP contribution >= 0.6 is 0 Å². The van der Waals surface area contributed by atoms with Gasteiger partial charge in [0.25, 0.3) is 0 Å². The Labute approximate surface area is 113 Å². The number of anilines is 1. The van der Waals surface area contributed by atoms with E-state index in [9.17, 15) is 8.42 Å². The summed E-state index contributed by atoms with van der Waals surface area (Å²) < 4.78 is 27.1. The van der Waals surface area contributed by atoms with Crippen LogP contribution < -0.4 is 5.73 Å². The van der Waals surface area contributed by atoms with Gasteiger partial charge in [0.2, 0.25) is 10.0 Å². The van der Waals surface area contributed by atoms with E-state index in [0.29, 0.717) is 12.5 Å². The summed E-state index contributed by atoms with van der Waals surface area (Å²) in [5, 5.41) is 0. The molecular formula is C13H19N3O2S. The lowest BCUT2D eigenvalue weighted by Crippen LogP contribution is -2.39. The summed E-state index contributed by atoms with van der Waals surface area (Å²) in [6, 6.07) is 1.71. The molecule has 1 saturated carbocycles. The number of aromatic nitrogens is 1. The van der Waals surface area contributed by atoms with E-state index in [4.69, 9.17) is 5.73 Å². The second kappa shape index (κ2) is 4.76. The van der Waals surface area contributed by atoms with Gasteiger partial charge in [-0.2, -0.15) is 4.31 Å². The van der Waals surface area contributed by atoms with Crippen LogP contribution in [0.3, 0.4) is 0 Å². The van der Waals surface area contributed by atoms with Gasteiger partial charge in [-0.1, -0.05) is 12.8 Å². The highest BCUT2D eigenvalue weighted by Gasteiger charge is 2.42. The maximum Gasteiger partial charge on any atom is 0.246 e. The molecular weight excluding hydrogens is 262 g/mol. The van der Waals surface area contributed by atoms with Gasteiger partial charge in [-0.25, -0.2) is 8.42 Å². The molecule has 3 rings (SSSR count). The van der Waals surface area contributed by atoms with Crippen molar-refractivity contribution in [2.75, 3.05) is 12.3 Å². The lowest BCUT2D eigenvalue weighted by molar-refractivity contribution is 0.260. The zero-order valence-corrected chi connectivity index (χ0v) is 11.6. The Morgan fingerprint density at radius 1 is 1.26 bits per heavy atom. The lowest BCUT2D eigenvalue weighted by Gasteiger charge is -2.31. The number of nitrogens with two attached hydrogens (primary N) is 1. The average Bonchev–Trinajstić information content (AvgIpc) is 2.83. The number of nitrogen functional groups attached to an aromatic ring is 1. The molecule has 2 heterocycles. The van der Waals surface area contributed by atoms with Gasteiger partial charge in [0.1, 0.15) is 4.90 Å². The van der Waals surface area contributed by atoms with Crippen molar-refractivity contribution in [3.63, 3.8) is 0 Å². The molecule has 2 N–H and O–H groups in total. The van der Waals surface area contributed by atoms with Gasteiger partial charge in [-0.15, -0.1) is 0 Å². The summed E-state index contributed by atoms with van der Waals surface area (Å²) in [5.41, 5.74) is 6.08. The fourth-order valence-corrected chi connectivity index (χ4v) is 5.19. The van der Waals surface area contributed by atoms with Crippen LogP contribution in [0.4, 0.5) is 5.69 Å². The van der Waals surface area contributed by atoms with Crippen LogP contribution in [0, 0.1) is 5.92 Å². The zero-order chi connectivity index (χ0) is 13.5. The van der Waals surface area contributed by atoms with Crippen LogP contribution in [0.2, 0.25) is 0 Å². The van der Waals surface area contributed by atoms with Gasteiger partial charge >= 0.3 is 0 Å². The summed E-state index contributed by atoms with van der Waals surface area (Å²) in [6.45, 7) is 0.617. The number of pyridine rings is 1. The van der Waals surface area contributed by atoms with Gasteiger partial charge in [0.05, 0.1) is 5.69 Å². The molecule has 19 heavy (non-hydrogen) atoms. The SMILES string of the molecule is Nc1ccncc1S(=O)(=O)N1CCC2CCCCC21. The molecule has 0 spiro atoms. The molecule has 104 valence electrons. The Morgan fingerprint density at radius 2 is 2.05 bits per heavy atom. The van der Waals surface area contributed by atoms with E-state index in [1.807, 2.05) is 0 Å². The summed E-state index contributed by atoms with van der Waals surface area (Å²) >= 11 is 0. The fourth-order valence-electron chi connectivity index (χ4n) is 3.39. The van der Waals surface area contributed by atoms with Crippen molar-refractivity contribution in [3.05, 3.63) is 18.5 Å². The molecule has 1 saturated heterocycles. The molecule has 1 aliphatic carbocycles. The molecule has 0 aromatic carbocycles. The van der Waals surface area contributed by atoms with E-state index >= 15 is 0 Å². The highest BCUT2D eigenvalue weighted by Crippen LogP contribution is 2.39. The van der Waals surface area contributed by atoms with Gasteiger partial charge in [-0.3, -0.25) is 4.98 Å². The molecule has 0 bridgehead atoms. The van der Waals surface area contributed by atoms with Gasteiger partial charge in [-0.05, 0) is 31.2 Å². The molecule has 6 heteroatoms.